The molecule has 0 atom stereocenters. The molecule has 22 heavy (non-hydrogen) atoms. The molecule has 1 aromatic carbocycles. The molecule has 0 unspecified atom stereocenters. The van der Waals surface area contributed by atoms with Crippen LogP contribution in [0.3, 0.4) is 0 Å². The van der Waals surface area contributed by atoms with Crippen molar-refractivity contribution in [1.29, 1.82) is 5.26 Å². The standard InChI is InChI=1S/C14H15F3N2O2S/c15-14(16,17)13(7-1-8-13)19-22(20,21)10-12-4-2-11(3-5-12)6-9-18/h2-5,19H,1,6-8,10H2. The van der Waals surface area contributed by atoms with Crippen LogP contribution in [0.5, 0.6) is 0 Å². The Morgan fingerprint density at radius 1 is 1.18 bits per heavy atom. The number of hydrogen-bond acceptors (Lipinski definition) is 3. The van der Waals surface area contributed by atoms with E-state index in [9.17, 15) is 21.6 Å². The van der Waals surface area contributed by atoms with Gasteiger partial charge < -0.3 is 0 Å². The maximum Gasteiger partial charge on any atom is 0.407 e. The predicted molar refractivity (Wildman–Crippen MR) is 74.2 cm³/mol. The van der Waals surface area contributed by atoms with Gasteiger partial charge in [0, 0.05) is 0 Å². The SMILES string of the molecule is N#CCc1ccc(CS(=O)(=O)NC2(C(F)(F)F)CCC2)cc1. The number of rotatable bonds is 5. The van der Waals surface area contributed by atoms with Crippen molar-refractivity contribution in [3.8, 4) is 6.07 Å². The topological polar surface area (TPSA) is 70.0 Å². The molecule has 1 aliphatic carbocycles. The van der Waals surface area contributed by atoms with E-state index >= 15 is 0 Å². The summed E-state index contributed by atoms with van der Waals surface area (Å²) in [6.45, 7) is 0. The van der Waals surface area contributed by atoms with Gasteiger partial charge in [-0.25, -0.2) is 8.42 Å². The lowest BCUT2D eigenvalue weighted by Gasteiger charge is -2.43. The Kier molecular flexibility index (Phi) is 4.49. The van der Waals surface area contributed by atoms with Gasteiger partial charge in [-0.1, -0.05) is 24.3 Å². The molecule has 1 N–H and O–H groups in total. The van der Waals surface area contributed by atoms with E-state index < -0.39 is 27.5 Å². The number of nitrogens with zero attached hydrogens (tertiary/aromatic N) is 1. The predicted octanol–water partition coefficient (Wildman–Crippen LogP) is 2.66. The summed E-state index contributed by atoms with van der Waals surface area (Å²) in [7, 11) is -4.10. The summed E-state index contributed by atoms with van der Waals surface area (Å²) in [5, 5.41) is 8.55. The highest BCUT2D eigenvalue weighted by atomic mass is 32.2. The van der Waals surface area contributed by atoms with Gasteiger partial charge in [-0.3, -0.25) is 0 Å². The smallest absolute Gasteiger partial charge is 0.212 e. The first kappa shape index (κ1) is 16.8. The number of nitrogens with one attached hydrogen (secondary N) is 1. The van der Waals surface area contributed by atoms with Gasteiger partial charge in [0.15, 0.2) is 0 Å². The average molecular weight is 332 g/mol. The van der Waals surface area contributed by atoms with E-state index in [0.717, 1.165) is 5.56 Å². The molecule has 4 nitrogen and oxygen atoms in total. The highest BCUT2D eigenvalue weighted by molar-refractivity contribution is 7.88. The number of alkyl halides is 3. The molecule has 0 heterocycles. The molecular weight excluding hydrogens is 317 g/mol. The Balaban J connectivity index is 2.10. The quantitative estimate of drug-likeness (QED) is 0.901. The monoisotopic (exact) mass is 332 g/mol. The van der Waals surface area contributed by atoms with Crippen molar-refractivity contribution in [1.82, 2.24) is 4.72 Å². The summed E-state index contributed by atoms with van der Waals surface area (Å²) in [6, 6.07) is 8.16. The number of nitriles is 1. The van der Waals surface area contributed by atoms with E-state index in [1.807, 2.05) is 10.8 Å². The third kappa shape index (κ3) is 3.59. The van der Waals surface area contributed by atoms with Crippen LogP contribution in [0.2, 0.25) is 0 Å². The van der Waals surface area contributed by atoms with Gasteiger partial charge in [-0.05, 0) is 30.4 Å². The van der Waals surface area contributed by atoms with Crippen LogP contribution in [-0.2, 0) is 22.2 Å². The second-order valence-corrected chi connectivity index (χ2v) is 7.17. The van der Waals surface area contributed by atoms with E-state index in [1.165, 1.54) is 12.1 Å². The Hall–Kier alpha value is -1.59. The van der Waals surface area contributed by atoms with Crippen LogP contribution in [0.1, 0.15) is 30.4 Å². The average Bonchev–Trinajstić information content (AvgIpc) is 2.35. The normalized spacial score (nSPS) is 17.5. The fourth-order valence-electron chi connectivity index (χ4n) is 2.37. The van der Waals surface area contributed by atoms with Crippen LogP contribution in [0.25, 0.3) is 0 Å². The number of benzene rings is 1. The summed E-state index contributed by atoms with van der Waals surface area (Å²) in [6.07, 6.45) is -4.49. The van der Waals surface area contributed by atoms with Gasteiger partial charge in [0.1, 0.15) is 5.54 Å². The summed E-state index contributed by atoms with van der Waals surface area (Å²) in [5.41, 5.74) is -1.21. The number of halogens is 3. The van der Waals surface area contributed by atoms with Gasteiger partial charge in [-0.2, -0.15) is 23.2 Å². The van der Waals surface area contributed by atoms with Crippen LogP contribution < -0.4 is 4.72 Å². The highest BCUT2D eigenvalue weighted by Crippen LogP contribution is 2.45. The molecule has 1 fully saturated rings. The second kappa shape index (κ2) is 5.89. The summed E-state index contributed by atoms with van der Waals surface area (Å²) in [4.78, 5) is 0. The van der Waals surface area contributed by atoms with Crippen molar-refractivity contribution < 1.29 is 21.6 Å². The molecule has 2 rings (SSSR count). The summed E-state index contributed by atoms with van der Waals surface area (Å²) in [5.74, 6) is -0.516. The molecule has 8 heteroatoms. The molecule has 0 saturated heterocycles. The van der Waals surface area contributed by atoms with Crippen LogP contribution in [0, 0.1) is 11.3 Å². The third-order valence-electron chi connectivity index (χ3n) is 3.76. The maximum atomic E-state index is 13.0. The fraction of sp³-hybridized carbons (Fsp3) is 0.500. The summed E-state index contributed by atoms with van der Waals surface area (Å²) < 4.78 is 64.8. The lowest BCUT2D eigenvalue weighted by molar-refractivity contribution is -0.212. The zero-order valence-corrected chi connectivity index (χ0v) is 12.5. The van der Waals surface area contributed by atoms with Crippen LogP contribution >= 0.6 is 0 Å². The van der Waals surface area contributed by atoms with Crippen molar-refractivity contribution >= 4 is 10.0 Å². The summed E-state index contributed by atoms with van der Waals surface area (Å²) >= 11 is 0. The molecule has 0 aliphatic heterocycles. The van der Waals surface area contributed by atoms with Gasteiger partial charge in [0.25, 0.3) is 0 Å². The molecule has 0 bridgehead atoms. The Morgan fingerprint density at radius 2 is 1.73 bits per heavy atom. The lowest BCUT2D eigenvalue weighted by atomic mass is 9.77. The molecule has 0 amide bonds. The maximum absolute atomic E-state index is 13.0. The molecule has 0 spiro atoms. The molecule has 1 saturated carbocycles. The van der Waals surface area contributed by atoms with Gasteiger partial charge in [-0.15, -0.1) is 0 Å². The number of hydrogen-bond donors (Lipinski definition) is 1. The van der Waals surface area contributed by atoms with Crippen molar-refractivity contribution in [2.24, 2.45) is 0 Å². The lowest BCUT2D eigenvalue weighted by Crippen LogP contribution is -2.63. The van der Waals surface area contributed by atoms with Gasteiger partial charge >= 0.3 is 6.18 Å². The first-order chi connectivity index (χ1) is 10.2. The Labute approximate surface area is 127 Å². The third-order valence-corrected chi connectivity index (χ3v) is 5.18. The minimum atomic E-state index is -4.59. The molecule has 1 aromatic rings. The van der Waals surface area contributed by atoms with Crippen molar-refractivity contribution in [2.75, 3.05) is 0 Å². The first-order valence-electron chi connectivity index (χ1n) is 6.71. The molecular formula is C14H15F3N2O2S. The van der Waals surface area contributed by atoms with Gasteiger partial charge in [0.2, 0.25) is 10.0 Å². The minimum absolute atomic E-state index is 0.197. The van der Waals surface area contributed by atoms with Crippen LogP contribution in [0.15, 0.2) is 24.3 Å². The molecule has 120 valence electrons. The van der Waals surface area contributed by atoms with E-state index in [4.69, 9.17) is 5.26 Å². The first-order valence-corrected chi connectivity index (χ1v) is 8.36. The van der Waals surface area contributed by atoms with Crippen molar-refractivity contribution in [2.45, 2.75) is 43.2 Å². The van der Waals surface area contributed by atoms with E-state index in [1.54, 1.807) is 12.1 Å². The highest BCUT2D eigenvalue weighted by Gasteiger charge is 2.60. The molecule has 0 radical (unpaired) electrons. The minimum Gasteiger partial charge on any atom is -0.212 e. The van der Waals surface area contributed by atoms with E-state index in [0.29, 0.717) is 12.0 Å². The zero-order chi connectivity index (χ0) is 16.4. The zero-order valence-electron chi connectivity index (χ0n) is 11.7. The molecule has 1 aliphatic rings. The van der Waals surface area contributed by atoms with Gasteiger partial charge in [0.05, 0.1) is 18.2 Å². The molecule has 0 aromatic heterocycles. The largest absolute Gasteiger partial charge is 0.407 e. The van der Waals surface area contributed by atoms with E-state index in [-0.39, 0.29) is 19.3 Å². The van der Waals surface area contributed by atoms with Crippen molar-refractivity contribution in [3.05, 3.63) is 35.4 Å². The second-order valence-electron chi connectivity index (χ2n) is 5.45. The fourth-order valence-corrected chi connectivity index (χ4v) is 3.99. The van der Waals surface area contributed by atoms with Crippen molar-refractivity contribution in [3.63, 3.8) is 0 Å². The Morgan fingerprint density at radius 3 is 2.14 bits per heavy atom. The van der Waals surface area contributed by atoms with Crippen LogP contribution in [0.4, 0.5) is 13.2 Å². The van der Waals surface area contributed by atoms with E-state index in [2.05, 4.69) is 0 Å². The van der Waals surface area contributed by atoms with Crippen LogP contribution in [-0.4, -0.2) is 20.1 Å². The Bertz CT molecular complexity index is 672. The number of sulfonamides is 1.